The molecule has 0 bridgehead atoms. The molecule has 0 aliphatic heterocycles. The van der Waals surface area contributed by atoms with E-state index in [4.69, 9.17) is 5.73 Å². The predicted octanol–water partition coefficient (Wildman–Crippen LogP) is 2.20. The first-order valence-electron chi connectivity index (χ1n) is 6.65. The van der Waals surface area contributed by atoms with Crippen LogP contribution in [-0.4, -0.2) is 19.0 Å². The normalized spacial score (nSPS) is 13.1. The molecule has 1 rings (SSSR count). The zero-order chi connectivity index (χ0) is 14.5. The largest absolute Gasteiger partial charge is 0.355 e. The van der Waals surface area contributed by atoms with Gasteiger partial charge < -0.3 is 11.1 Å². The van der Waals surface area contributed by atoms with Crippen molar-refractivity contribution in [2.24, 2.45) is 11.7 Å². The highest BCUT2D eigenvalue weighted by atomic mass is 19.1. The Hall–Kier alpha value is -1.42. The minimum atomic E-state index is -0.451. The van der Waals surface area contributed by atoms with Gasteiger partial charge in [-0.05, 0) is 18.1 Å². The van der Waals surface area contributed by atoms with E-state index in [-0.39, 0.29) is 17.6 Å². The Balaban J connectivity index is 2.71. The van der Waals surface area contributed by atoms with Gasteiger partial charge in [0.05, 0.1) is 0 Å². The van der Waals surface area contributed by atoms with Crippen LogP contribution in [0.3, 0.4) is 0 Å². The third-order valence-electron chi connectivity index (χ3n) is 3.46. The Morgan fingerprint density at radius 3 is 2.58 bits per heavy atom. The van der Waals surface area contributed by atoms with Gasteiger partial charge in [0.25, 0.3) is 0 Å². The molecule has 106 valence electrons. The number of nitrogens with two attached hydrogens (primary N) is 1. The number of carbonyl (C=O) groups is 1. The van der Waals surface area contributed by atoms with Crippen LogP contribution in [0.15, 0.2) is 24.3 Å². The minimum absolute atomic E-state index is 0.0607. The first-order chi connectivity index (χ1) is 8.92. The van der Waals surface area contributed by atoms with Gasteiger partial charge >= 0.3 is 0 Å². The molecule has 0 heterocycles. The van der Waals surface area contributed by atoms with Crippen molar-refractivity contribution in [1.29, 1.82) is 0 Å². The van der Waals surface area contributed by atoms with E-state index in [0.717, 1.165) is 0 Å². The van der Waals surface area contributed by atoms with E-state index in [1.165, 1.54) is 6.07 Å². The molecule has 0 aliphatic rings. The summed E-state index contributed by atoms with van der Waals surface area (Å²) in [5.74, 6) is -0.474. The average molecular weight is 266 g/mol. The van der Waals surface area contributed by atoms with Crippen molar-refractivity contribution in [2.75, 3.05) is 13.1 Å². The summed E-state index contributed by atoms with van der Waals surface area (Å²) >= 11 is 0. The molecule has 4 heteroatoms. The van der Waals surface area contributed by atoms with Gasteiger partial charge in [-0.1, -0.05) is 39.0 Å². The monoisotopic (exact) mass is 266 g/mol. The highest BCUT2D eigenvalue weighted by molar-refractivity contribution is 5.78. The van der Waals surface area contributed by atoms with Crippen LogP contribution < -0.4 is 11.1 Å². The summed E-state index contributed by atoms with van der Waals surface area (Å²) in [7, 11) is 0. The van der Waals surface area contributed by atoms with Crippen molar-refractivity contribution in [3.63, 3.8) is 0 Å². The number of halogens is 1. The first kappa shape index (κ1) is 15.6. The fourth-order valence-electron chi connectivity index (χ4n) is 2.02. The first-order valence-corrected chi connectivity index (χ1v) is 6.65. The van der Waals surface area contributed by atoms with E-state index in [0.29, 0.717) is 25.1 Å². The summed E-state index contributed by atoms with van der Waals surface area (Å²) in [4.78, 5) is 11.9. The molecule has 1 aromatic carbocycles. The van der Waals surface area contributed by atoms with Crippen LogP contribution in [0.5, 0.6) is 0 Å². The average Bonchev–Trinajstić information content (AvgIpc) is 2.38. The van der Waals surface area contributed by atoms with Crippen molar-refractivity contribution >= 4 is 5.91 Å². The standard InChI is InChI=1S/C15H23FN2O/c1-4-11(9-17)14(19)18-10-15(2,3)12-7-5-6-8-13(12)16/h5-8,11H,4,9-10,17H2,1-3H3,(H,18,19). The summed E-state index contributed by atoms with van der Waals surface area (Å²) in [6, 6.07) is 6.65. The van der Waals surface area contributed by atoms with Gasteiger partial charge in [-0.2, -0.15) is 0 Å². The number of hydrogen-bond donors (Lipinski definition) is 2. The van der Waals surface area contributed by atoms with E-state index in [2.05, 4.69) is 5.32 Å². The maximum atomic E-state index is 13.8. The summed E-state index contributed by atoms with van der Waals surface area (Å²) < 4.78 is 13.8. The van der Waals surface area contributed by atoms with Crippen LogP contribution in [0, 0.1) is 11.7 Å². The molecule has 0 saturated heterocycles. The molecular weight excluding hydrogens is 243 g/mol. The molecule has 1 amide bonds. The molecule has 0 fully saturated rings. The quantitative estimate of drug-likeness (QED) is 0.829. The second-order valence-electron chi connectivity index (χ2n) is 5.42. The fourth-order valence-corrected chi connectivity index (χ4v) is 2.02. The van der Waals surface area contributed by atoms with Crippen molar-refractivity contribution in [3.05, 3.63) is 35.6 Å². The van der Waals surface area contributed by atoms with Crippen LogP contribution in [0.4, 0.5) is 4.39 Å². The predicted molar refractivity (Wildman–Crippen MR) is 75.3 cm³/mol. The molecule has 0 aliphatic carbocycles. The number of benzene rings is 1. The highest BCUT2D eigenvalue weighted by Gasteiger charge is 2.25. The number of rotatable bonds is 6. The Morgan fingerprint density at radius 1 is 1.42 bits per heavy atom. The van der Waals surface area contributed by atoms with E-state index in [9.17, 15) is 9.18 Å². The lowest BCUT2D eigenvalue weighted by atomic mass is 9.84. The summed E-state index contributed by atoms with van der Waals surface area (Å²) in [6.07, 6.45) is 0.711. The van der Waals surface area contributed by atoms with E-state index in [1.54, 1.807) is 18.2 Å². The lowest BCUT2D eigenvalue weighted by Crippen LogP contribution is -2.41. The number of hydrogen-bond acceptors (Lipinski definition) is 2. The van der Waals surface area contributed by atoms with Crippen molar-refractivity contribution < 1.29 is 9.18 Å². The van der Waals surface area contributed by atoms with Crippen molar-refractivity contribution in [3.8, 4) is 0 Å². The third-order valence-corrected chi connectivity index (χ3v) is 3.46. The Kier molecular flexibility index (Phi) is 5.48. The lowest BCUT2D eigenvalue weighted by molar-refractivity contribution is -0.125. The molecule has 0 radical (unpaired) electrons. The van der Waals surface area contributed by atoms with E-state index in [1.807, 2.05) is 20.8 Å². The van der Waals surface area contributed by atoms with E-state index < -0.39 is 5.41 Å². The molecule has 0 spiro atoms. The smallest absolute Gasteiger partial charge is 0.224 e. The van der Waals surface area contributed by atoms with Gasteiger partial charge in [-0.15, -0.1) is 0 Å². The Labute approximate surface area is 114 Å². The maximum Gasteiger partial charge on any atom is 0.224 e. The second kappa shape index (κ2) is 6.66. The van der Waals surface area contributed by atoms with Crippen LogP contribution in [0.2, 0.25) is 0 Å². The van der Waals surface area contributed by atoms with Crippen LogP contribution in [-0.2, 0) is 10.2 Å². The molecule has 19 heavy (non-hydrogen) atoms. The van der Waals surface area contributed by atoms with Gasteiger partial charge in [-0.3, -0.25) is 4.79 Å². The van der Waals surface area contributed by atoms with Gasteiger partial charge in [0.1, 0.15) is 5.82 Å². The topological polar surface area (TPSA) is 55.1 Å². The molecular formula is C15H23FN2O. The van der Waals surface area contributed by atoms with Crippen molar-refractivity contribution in [2.45, 2.75) is 32.6 Å². The van der Waals surface area contributed by atoms with Gasteiger partial charge in [0, 0.05) is 24.4 Å². The van der Waals surface area contributed by atoms with E-state index >= 15 is 0 Å². The molecule has 1 atom stereocenters. The van der Waals surface area contributed by atoms with Crippen LogP contribution in [0.25, 0.3) is 0 Å². The maximum absolute atomic E-state index is 13.8. The molecule has 3 N–H and O–H groups in total. The SMILES string of the molecule is CCC(CN)C(=O)NCC(C)(C)c1ccccc1F. The third kappa shape index (κ3) is 4.03. The zero-order valence-electron chi connectivity index (χ0n) is 11.9. The van der Waals surface area contributed by atoms with Gasteiger partial charge in [0.15, 0.2) is 0 Å². The number of amides is 1. The molecule has 1 aromatic rings. The summed E-state index contributed by atoms with van der Waals surface area (Å²) in [6.45, 7) is 6.48. The Morgan fingerprint density at radius 2 is 2.05 bits per heavy atom. The lowest BCUT2D eigenvalue weighted by Gasteiger charge is -2.27. The zero-order valence-corrected chi connectivity index (χ0v) is 11.9. The molecule has 1 unspecified atom stereocenters. The summed E-state index contributed by atoms with van der Waals surface area (Å²) in [5.41, 5.74) is 5.69. The Bertz CT molecular complexity index is 428. The highest BCUT2D eigenvalue weighted by Crippen LogP contribution is 2.24. The number of nitrogens with one attached hydrogen (secondary N) is 1. The van der Waals surface area contributed by atoms with Crippen LogP contribution >= 0.6 is 0 Å². The minimum Gasteiger partial charge on any atom is -0.355 e. The van der Waals surface area contributed by atoms with Crippen molar-refractivity contribution in [1.82, 2.24) is 5.32 Å². The summed E-state index contributed by atoms with van der Waals surface area (Å²) in [5, 5.41) is 2.86. The second-order valence-corrected chi connectivity index (χ2v) is 5.42. The number of carbonyl (C=O) groups excluding carboxylic acids is 1. The van der Waals surface area contributed by atoms with Crippen LogP contribution in [0.1, 0.15) is 32.8 Å². The molecule has 3 nitrogen and oxygen atoms in total. The molecule has 0 saturated carbocycles. The molecule has 0 aromatic heterocycles. The van der Waals surface area contributed by atoms with Gasteiger partial charge in [-0.25, -0.2) is 4.39 Å². The van der Waals surface area contributed by atoms with Gasteiger partial charge in [0.2, 0.25) is 5.91 Å². The fraction of sp³-hybridized carbons (Fsp3) is 0.533.